The number of nitrogens with one attached hydrogen (secondary N) is 1. The molecule has 0 radical (unpaired) electrons. The van der Waals surface area contributed by atoms with Crippen LogP contribution in [-0.2, 0) is 19.0 Å². The van der Waals surface area contributed by atoms with Crippen LogP contribution >= 0.6 is 15.9 Å². The monoisotopic (exact) mass is 468 g/mol. The van der Waals surface area contributed by atoms with Gasteiger partial charge in [-0.2, -0.15) is 8.42 Å². The molecule has 28 heavy (non-hydrogen) atoms. The molecule has 0 fully saturated rings. The lowest BCUT2D eigenvalue weighted by molar-refractivity contribution is -0.00437. The Bertz CT molecular complexity index is 1130. The summed E-state index contributed by atoms with van der Waals surface area (Å²) in [6, 6.07) is 6.30. The standard InChI is InChI=1S/C18H17BrN2O6S/c1-12-2-5-15(6-3-12)28(24,25)26-11-14-4-7-16(27-14)21-10-13(8-9-19)17(22)20-18(21)23/h2-10,14,16H,11H2,1H3,(H,20,22,23)/t14-,16+/m0/s1. The lowest BCUT2D eigenvalue weighted by atomic mass is 10.2. The van der Waals surface area contributed by atoms with Gasteiger partial charge in [0, 0.05) is 6.20 Å². The van der Waals surface area contributed by atoms with Crippen LogP contribution < -0.4 is 11.2 Å². The number of aromatic nitrogens is 2. The molecular formula is C18H17BrN2O6S. The molecule has 2 atom stereocenters. The zero-order valence-corrected chi connectivity index (χ0v) is 17.1. The van der Waals surface area contributed by atoms with Crippen molar-refractivity contribution in [2.75, 3.05) is 6.61 Å². The highest BCUT2D eigenvalue weighted by Gasteiger charge is 2.25. The number of ether oxygens (including phenoxy) is 1. The second-order valence-electron chi connectivity index (χ2n) is 6.05. The lowest BCUT2D eigenvalue weighted by Gasteiger charge is -2.16. The van der Waals surface area contributed by atoms with Crippen LogP contribution in [-0.4, -0.2) is 30.7 Å². The maximum atomic E-state index is 12.3. The van der Waals surface area contributed by atoms with Gasteiger partial charge in [0.05, 0.1) is 17.1 Å². The van der Waals surface area contributed by atoms with Crippen molar-refractivity contribution in [3.63, 3.8) is 0 Å². The summed E-state index contributed by atoms with van der Waals surface area (Å²) in [5.74, 6) is 0. The van der Waals surface area contributed by atoms with Crippen LogP contribution in [0.2, 0.25) is 0 Å². The van der Waals surface area contributed by atoms with Gasteiger partial charge in [-0.3, -0.25) is 18.5 Å². The Labute approximate surface area is 169 Å². The SMILES string of the molecule is Cc1ccc(S(=O)(=O)OC[C@@H]2C=C[C@H](n3cc(C=CBr)c(=O)[nH]c3=O)O2)cc1. The van der Waals surface area contributed by atoms with E-state index in [0.717, 1.165) is 5.56 Å². The summed E-state index contributed by atoms with van der Waals surface area (Å²) in [4.78, 5) is 27.5. The van der Waals surface area contributed by atoms with Gasteiger partial charge >= 0.3 is 5.69 Å². The molecule has 1 aromatic heterocycles. The third-order valence-corrected chi connectivity index (χ3v) is 5.57. The normalized spacial score (nSPS) is 19.5. The zero-order chi connectivity index (χ0) is 20.3. The van der Waals surface area contributed by atoms with E-state index in [4.69, 9.17) is 8.92 Å². The number of aromatic amines is 1. The Balaban J connectivity index is 1.69. The molecule has 0 aliphatic carbocycles. The fourth-order valence-corrected chi connectivity index (χ4v) is 3.75. The lowest BCUT2D eigenvalue weighted by Crippen LogP contribution is -2.33. The average molecular weight is 469 g/mol. The van der Waals surface area contributed by atoms with Gasteiger partial charge in [-0.25, -0.2) is 4.79 Å². The molecule has 1 N–H and O–H groups in total. The van der Waals surface area contributed by atoms with Crippen molar-refractivity contribution in [1.29, 1.82) is 0 Å². The molecule has 10 heteroatoms. The third-order valence-electron chi connectivity index (χ3n) is 4.01. The molecule has 3 rings (SSSR count). The molecule has 0 amide bonds. The number of H-pyrrole nitrogens is 1. The summed E-state index contributed by atoms with van der Waals surface area (Å²) < 4.78 is 36.4. The van der Waals surface area contributed by atoms with Crippen molar-refractivity contribution < 1.29 is 17.3 Å². The summed E-state index contributed by atoms with van der Waals surface area (Å²) in [5, 5.41) is 0. The van der Waals surface area contributed by atoms with Crippen molar-refractivity contribution >= 4 is 32.1 Å². The van der Waals surface area contributed by atoms with E-state index in [-0.39, 0.29) is 17.1 Å². The molecule has 8 nitrogen and oxygen atoms in total. The van der Waals surface area contributed by atoms with E-state index in [1.165, 1.54) is 34.0 Å². The largest absolute Gasteiger partial charge is 0.344 e. The Morgan fingerprint density at radius 2 is 1.96 bits per heavy atom. The minimum atomic E-state index is -3.92. The van der Waals surface area contributed by atoms with Crippen molar-refractivity contribution in [2.45, 2.75) is 24.2 Å². The minimum Gasteiger partial charge on any atom is -0.344 e. The van der Waals surface area contributed by atoms with Gasteiger partial charge in [0.2, 0.25) is 0 Å². The summed E-state index contributed by atoms with van der Waals surface area (Å²) in [7, 11) is -3.92. The van der Waals surface area contributed by atoms with Crippen LogP contribution in [0.4, 0.5) is 0 Å². The van der Waals surface area contributed by atoms with Crippen molar-refractivity contribution in [2.24, 2.45) is 0 Å². The highest BCUT2D eigenvalue weighted by Crippen LogP contribution is 2.21. The average Bonchev–Trinajstić information content (AvgIpc) is 3.12. The first kappa shape index (κ1) is 20.5. The third kappa shape index (κ3) is 4.58. The molecule has 1 aromatic carbocycles. The molecule has 1 aliphatic heterocycles. The van der Waals surface area contributed by atoms with Crippen LogP contribution in [0.5, 0.6) is 0 Å². The molecule has 0 saturated heterocycles. The van der Waals surface area contributed by atoms with E-state index in [1.54, 1.807) is 24.3 Å². The molecule has 0 unspecified atom stereocenters. The molecule has 0 bridgehead atoms. The fourth-order valence-electron chi connectivity index (χ4n) is 2.55. The number of rotatable bonds is 6. The van der Waals surface area contributed by atoms with E-state index in [2.05, 4.69) is 20.9 Å². The summed E-state index contributed by atoms with van der Waals surface area (Å²) in [6.45, 7) is 1.61. The van der Waals surface area contributed by atoms with Crippen molar-refractivity contribution in [1.82, 2.24) is 9.55 Å². The van der Waals surface area contributed by atoms with Crippen LogP contribution in [0, 0.1) is 6.92 Å². The highest BCUT2D eigenvalue weighted by atomic mass is 79.9. The maximum absolute atomic E-state index is 12.3. The first-order valence-electron chi connectivity index (χ1n) is 8.22. The number of hydrogen-bond acceptors (Lipinski definition) is 6. The quantitative estimate of drug-likeness (QED) is 0.513. The van der Waals surface area contributed by atoms with E-state index in [1.807, 2.05) is 6.92 Å². The van der Waals surface area contributed by atoms with Crippen molar-refractivity contribution in [3.8, 4) is 0 Å². The Hall–Kier alpha value is -2.27. The van der Waals surface area contributed by atoms with Gasteiger partial charge in [0.1, 0.15) is 6.10 Å². The maximum Gasteiger partial charge on any atom is 0.330 e. The molecule has 1 aliphatic rings. The van der Waals surface area contributed by atoms with Crippen LogP contribution in [0.25, 0.3) is 6.08 Å². The highest BCUT2D eigenvalue weighted by molar-refractivity contribution is 9.11. The number of nitrogens with zero attached hydrogens (tertiary/aromatic N) is 1. The number of benzene rings is 1. The van der Waals surface area contributed by atoms with E-state index < -0.39 is 33.7 Å². The Morgan fingerprint density at radius 1 is 1.25 bits per heavy atom. The molecule has 148 valence electrons. The van der Waals surface area contributed by atoms with Gasteiger partial charge in [0.15, 0.2) is 6.23 Å². The van der Waals surface area contributed by atoms with Gasteiger partial charge in [-0.1, -0.05) is 39.7 Å². The van der Waals surface area contributed by atoms with Gasteiger partial charge in [-0.15, -0.1) is 0 Å². The first-order valence-corrected chi connectivity index (χ1v) is 10.5. The predicted molar refractivity (Wildman–Crippen MR) is 107 cm³/mol. The van der Waals surface area contributed by atoms with E-state index in [0.29, 0.717) is 0 Å². The van der Waals surface area contributed by atoms with Crippen LogP contribution in [0.3, 0.4) is 0 Å². The number of halogens is 1. The molecule has 2 heterocycles. The van der Waals surface area contributed by atoms with Crippen LogP contribution in [0.1, 0.15) is 17.4 Å². The molecule has 2 aromatic rings. The van der Waals surface area contributed by atoms with Gasteiger partial charge in [0.25, 0.3) is 15.7 Å². The fraction of sp³-hybridized carbons (Fsp3) is 0.222. The summed E-state index contributed by atoms with van der Waals surface area (Å²) in [5.41, 5.74) is 0.0302. The van der Waals surface area contributed by atoms with E-state index >= 15 is 0 Å². The Kier molecular flexibility index (Phi) is 6.14. The molecule has 0 saturated carbocycles. The zero-order valence-electron chi connectivity index (χ0n) is 14.7. The topological polar surface area (TPSA) is 107 Å². The summed E-state index contributed by atoms with van der Waals surface area (Å²) in [6.07, 6.45) is 4.59. The van der Waals surface area contributed by atoms with Gasteiger partial charge < -0.3 is 4.74 Å². The predicted octanol–water partition coefficient (Wildman–Crippen LogP) is 2.07. The second kappa shape index (κ2) is 8.39. The smallest absolute Gasteiger partial charge is 0.330 e. The molecule has 0 spiro atoms. The van der Waals surface area contributed by atoms with Gasteiger partial charge in [-0.05, 0) is 36.2 Å². The Morgan fingerprint density at radius 3 is 2.64 bits per heavy atom. The number of aryl methyl sites for hydroxylation is 1. The number of hydrogen-bond donors (Lipinski definition) is 1. The van der Waals surface area contributed by atoms with Crippen LogP contribution in [0.15, 0.2) is 62.1 Å². The van der Waals surface area contributed by atoms with E-state index in [9.17, 15) is 18.0 Å². The summed E-state index contributed by atoms with van der Waals surface area (Å²) >= 11 is 3.08. The van der Waals surface area contributed by atoms with Crippen molar-refractivity contribution in [3.05, 3.63) is 79.6 Å². The first-order chi connectivity index (χ1) is 13.3. The molecular weight excluding hydrogens is 452 g/mol. The second-order valence-corrected chi connectivity index (χ2v) is 8.19. The minimum absolute atomic E-state index is 0.0553.